The molecule has 1 aliphatic heterocycles. The van der Waals surface area contributed by atoms with Gasteiger partial charge in [-0.1, -0.05) is 37.6 Å². The third-order valence-electron chi connectivity index (χ3n) is 5.96. The minimum Gasteiger partial charge on any atom is -0.366 e. The lowest BCUT2D eigenvalue weighted by atomic mass is 10.0. The van der Waals surface area contributed by atoms with Crippen LogP contribution in [0.25, 0.3) is 5.69 Å². The van der Waals surface area contributed by atoms with Crippen LogP contribution in [0.15, 0.2) is 54.7 Å². The van der Waals surface area contributed by atoms with Gasteiger partial charge in [0, 0.05) is 43.3 Å². The molecule has 0 atom stereocenters. The van der Waals surface area contributed by atoms with Crippen LogP contribution in [0.2, 0.25) is 5.02 Å². The van der Waals surface area contributed by atoms with E-state index in [9.17, 15) is 9.59 Å². The van der Waals surface area contributed by atoms with Crippen molar-refractivity contribution in [2.24, 2.45) is 5.73 Å². The molecule has 0 aliphatic carbocycles. The fourth-order valence-electron chi connectivity index (χ4n) is 4.18. The summed E-state index contributed by atoms with van der Waals surface area (Å²) in [6, 6.07) is 14.8. The molecule has 1 fully saturated rings. The fraction of sp³-hybridized carbons (Fsp3) is 0.320. The number of hydrogen-bond donors (Lipinski definition) is 1. The number of halogens is 1. The number of amides is 2. The van der Waals surface area contributed by atoms with E-state index in [1.807, 2.05) is 46.0 Å². The zero-order chi connectivity index (χ0) is 23.5. The predicted molar refractivity (Wildman–Crippen MR) is 129 cm³/mol. The summed E-state index contributed by atoms with van der Waals surface area (Å²) in [5.41, 5.74) is 9.37. The fourth-order valence-corrected chi connectivity index (χ4v) is 4.30. The molecule has 2 N–H and O–H groups in total. The third kappa shape index (κ3) is 5.10. The maximum atomic E-state index is 13.4. The predicted octanol–water partition coefficient (Wildman–Crippen LogP) is 3.71. The summed E-state index contributed by atoms with van der Waals surface area (Å²) in [6.07, 6.45) is 1.68. The van der Waals surface area contributed by atoms with Crippen LogP contribution in [0.1, 0.15) is 51.7 Å². The van der Waals surface area contributed by atoms with E-state index in [1.54, 1.807) is 18.3 Å². The lowest BCUT2D eigenvalue weighted by Gasteiger charge is -2.35. The van der Waals surface area contributed by atoms with E-state index < -0.39 is 5.91 Å². The maximum Gasteiger partial charge on any atom is 0.257 e. The van der Waals surface area contributed by atoms with E-state index in [4.69, 9.17) is 17.3 Å². The Morgan fingerprint density at radius 2 is 1.64 bits per heavy atom. The maximum absolute atomic E-state index is 13.4. The minimum atomic E-state index is -0.422. The van der Waals surface area contributed by atoms with E-state index in [2.05, 4.69) is 23.8 Å². The van der Waals surface area contributed by atoms with E-state index in [0.717, 1.165) is 36.6 Å². The van der Waals surface area contributed by atoms with Crippen molar-refractivity contribution >= 4 is 23.4 Å². The van der Waals surface area contributed by atoms with Gasteiger partial charge in [-0.2, -0.15) is 5.10 Å². The second-order valence-corrected chi connectivity index (χ2v) is 9.05. The molecule has 2 amide bonds. The number of nitrogens with two attached hydrogens (primary N) is 1. The Kier molecular flexibility index (Phi) is 6.81. The highest BCUT2D eigenvalue weighted by Crippen LogP contribution is 2.25. The van der Waals surface area contributed by atoms with Gasteiger partial charge < -0.3 is 10.6 Å². The Morgan fingerprint density at radius 3 is 2.21 bits per heavy atom. The van der Waals surface area contributed by atoms with Gasteiger partial charge in [0.25, 0.3) is 5.91 Å². The van der Waals surface area contributed by atoms with Gasteiger partial charge in [0.1, 0.15) is 0 Å². The number of carbonyl (C=O) groups excluding carboxylic acids is 2. The summed E-state index contributed by atoms with van der Waals surface area (Å²) in [5, 5.41) is 5.19. The summed E-state index contributed by atoms with van der Waals surface area (Å²) < 4.78 is 1.83. The number of benzene rings is 2. The summed E-state index contributed by atoms with van der Waals surface area (Å²) in [7, 11) is 0. The zero-order valence-corrected chi connectivity index (χ0v) is 19.6. The molecule has 0 unspecified atom stereocenters. The van der Waals surface area contributed by atoms with Crippen molar-refractivity contribution in [3.05, 3.63) is 82.1 Å². The molecule has 1 aromatic heterocycles. The first kappa shape index (κ1) is 23.0. The molecule has 0 radical (unpaired) electrons. The molecule has 8 heteroatoms. The molecule has 7 nitrogen and oxygen atoms in total. The van der Waals surface area contributed by atoms with Gasteiger partial charge in [0.2, 0.25) is 5.91 Å². The van der Waals surface area contributed by atoms with E-state index >= 15 is 0 Å². The second kappa shape index (κ2) is 9.77. The standard InChI is InChI=1S/C25H28ClN5O2/c1-17(2)23-22(15-28-31(23)21-9-7-20(26)8-10-21)25(33)30-13-11-29(12-14-30)16-18-3-5-19(6-4-18)24(27)32/h3-10,15,17H,11-14,16H2,1-2H3,(H2,27,32). The number of primary amides is 1. The smallest absolute Gasteiger partial charge is 0.257 e. The number of nitrogens with zero attached hydrogens (tertiary/aromatic N) is 4. The van der Waals surface area contributed by atoms with Gasteiger partial charge in [-0.25, -0.2) is 4.68 Å². The van der Waals surface area contributed by atoms with Crippen LogP contribution in [0.4, 0.5) is 0 Å². The van der Waals surface area contributed by atoms with Gasteiger partial charge in [0.15, 0.2) is 0 Å². The van der Waals surface area contributed by atoms with Crippen LogP contribution in [0, 0.1) is 0 Å². The molecular weight excluding hydrogens is 438 g/mol. The van der Waals surface area contributed by atoms with Crippen molar-refractivity contribution in [1.82, 2.24) is 19.6 Å². The highest BCUT2D eigenvalue weighted by atomic mass is 35.5. The summed E-state index contributed by atoms with van der Waals surface area (Å²) in [4.78, 5) is 28.8. The van der Waals surface area contributed by atoms with Crippen LogP contribution in [0.5, 0.6) is 0 Å². The number of carbonyl (C=O) groups is 2. The van der Waals surface area contributed by atoms with Crippen LogP contribution in [0.3, 0.4) is 0 Å². The second-order valence-electron chi connectivity index (χ2n) is 8.62. The van der Waals surface area contributed by atoms with Crippen molar-refractivity contribution in [1.29, 1.82) is 0 Å². The van der Waals surface area contributed by atoms with Crippen molar-refractivity contribution in [2.75, 3.05) is 26.2 Å². The highest BCUT2D eigenvalue weighted by Gasteiger charge is 2.27. The highest BCUT2D eigenvalue weighted by molar-refractivity contribution is 6.30. The molecule has 1 saturated heterocycles. The zero-order valence-electron chi connectivity index (χ0n) is 18.9. The van der Waals surface area contributed by atoms with Crippen molar-refractivity contribution in [3.8, 4) is 5.69 Å². The van der Waals surface area contributed by atoms with E-state index in [0.29, 0.717) is 29.2 Å². The number of rotatable bonds is 6. The van der Waals surface area contributed by atoms with Crippen molar-refractivity contribution < 1.29 is 9.59 Å². The molecular formula is C25H28ClN5O2. The molecule has 3 aromatic rings. The Hall–Kier alpha value is -3.16. The SMILES string of the molecule is CC(C)c1c(C(=O)N2CCN(Cc3ccc(C(N)=O)cc3)CC2)cnn1-c1ccc(Cl)cc1. The van der Waals surface area contributed by atoms with E-state index in [1.165, 1.54) is 0 Å². The topological polar surface area (TPSA) is 84.5 Å². The minimum absolute atomic E-state index is 0.0179. The van der Waals surface area contributed by atoms with Gasteiger partial charge >= 0.3 is 0 Å². The Labute approximate surface area is 198 Å². The summed E-state index contributed by atoms with van der Waals surface area (Å²) >= 11 is 6.03. The normalized spacial score (nSPS) is 14.6. The van der Waals surface area contributed by atoms with Gasteiger partial charge in [0.05, 0.1) is 23.1 Å². The number of piperazine rings is 1. The lowest BCUT2D eigenvalue weighted by molar-refractivity contribution is 0.0627. The number of aromatic nitrogens is 2. The van der Waals surface area contributed by atoms with Crippen LogP contribution < -0.4 is 5.73 Å². The Morgan fingerprint density at radius 1 is 1.00 bits per heavy atom. The first-order chi connectivity index (χ1) is 15.8. The van der Waals surface area contributed by atoms with Crippen molar-refractivity contribution in [2.45, 2.75) is 26.3 Å². The molecule has 0 saturated carbocycles. The third-order valence-corrected chi connectivity index (χ3v) is 6.21. The summed E-state index contributed by atoms with van der Waals surface area (Å²) in [5.74, 6) is -0.273. The molecule has 0 bridgehead atoms. The molecule has 2 aromatic carbocycles. The van der Waals surface area contributed by atoms with Crippen LogP contribution >= 0.6 is 11.6 Å². The molecule has 1 aliphatic rings. The first-order valence-corrected chi connectivity index (χ1v) is 11.5. The number of hydrogen-bond acceptors (Lipinski definition) is 4. The Balaban J connectivity index is 1.43. The Bertz CT molecular complexity index is 1130. The molecule has 172 valence electrons. The van der Waals surface area contributed by atoms with Gasteiger partial charge in [-0.05, 0) is 47.9 Å². The quantitative estimate of drug-likeness (QED) is 0.601. The molecule has 2 heterocycles. The average molecular weight is 466 g/mol. The largest absolute Gasteiger partial charge is 0.366 e. The molecule has 4 rings (SSSR count). The van der Waals surface area contributed by atoms with Crippen LogP contribution in [-0.4, -0.2) is 57.6 Å². The lowest BCUT2D eigenvalue weighted by Crippen LogP contribution is -2.48. The van der Waals surface area contributed by atoms with E-state index in [-0.39, 0.29) is 11.8 Å². The summed E-state index contributed by atoms with van der Waals surface area (Å²) in [6.45, 7) is 7.79. The first-order valence-electron chi connectivity index (χ1n) is 11.1. The molecule has 33 heavy (non-hydrogen) atoms. The monoisotopic (exact) mass is 465 g/mol. The van der Waals surface area contributed by atoms with Crippen LogP contribution in [-0.2, 0) is 6.54 Å². The van der Waals surface area contributed by atoms with Gasteiger partial charge in [-0.3, -0.25) is 14.5 Å². The van der Waals surface area contributed by atoms with Crippen molar-refractivity contribution in [3.63, 3.8) is 0 Å². The molecule has 0 spiro atoms. The average Bonchev–Trinajstić information content (AvgIpc) is 3.25. The van der Waals surface area contributed by atoms with Gasteiger partial charge in [-0.15, -0.1) is 0 Å².